The number of hydrogen-bond acceptors (Lipinski definition) is 2. The molecule has 0 aliphatic heterocycles. The lowest BCUT2D eigenvalue weighted by Gasteiger charge is -2.27. The number of rotatable bonds is 3. The lowest BCUT2D eigenvalue weighted by Crippen LogP contribution is -2.31. The number of hydrogen-bond donors (Lipinski definition) is 1. The zero-order valence-corrected chi connectivity index (χ0v) is 7.39. The van der Waals surface area contributed by atoms with Crippen molar-refractivity contribution >= 4 is 0 Å². The molecule has 0 aromatic heterocycles. The minimum atomic E-state index is 0.433. The van der Waals surface area contributed by atoms with Crippen LogP contribution in [0, 0.1) is 0 Å². The highest BCUT2D eigenvalue weighted by Gasteiger charge is 2.20. The largest absolute Gasteiger partial charge is 0.384 e. The van der Waals surface area contributed by atoms with Gasteiger partial charge in [0.25, 0.3) is 0 Å². The Kier molecular flexibility index (Phi) is 3.09. The van der Waals surface area contributed by atoms with Crippen molar-refractivity contribution in [2.24, 2.45) is 5.73 Å². The van der Waals surface area contributed by atoms with Crippen LogP contribution in [0.5, 0.6) is 0 Å². The Morgan fingerprint density at radius 1 is 1.64 bits per heavy atom. The van der Waals surface area contributed by atoms with Crippen LogP contribution in [0.2, 0.25) is 0 Å². The van der Waals surface area contributed by atoms with Gasteiger partial charge >= 0.3 is 0 Å². The molecule has 1 rings (SSSR count). The van der Waals surface area contributed by atoms with Crippen molar-refractivity contribution < 1.29 is 4.74 Å². The first kappa shape index (κ1) is 8.75. The molecule has 0 aromatic rings. The fourth-order valence-electron chi connectivity index (χ4n) is 1.35. The lowest BCUT2D eigenvalue weighted by molar-refractivity contribution is 0.201. The molecule has 0 heterocycles. The molecular weight excluding hydrogens is 138 g/mol. The molecule has 0 radical (unpaired) electrons. The van der Waals surface area contributed by atoms with Crippen LogP contribution < -0.4 is 5.73 Å². The van der Waals surface area contributed by atoms with Gasteiger partial charge in [-0.15, -0.1) is 0 Å². The number of nitrogens with two attached hydrogens (primary N) is 1. The van der Waals surface area contributed by atoms with E-state index in [2.05, 4.69) is 6.92 Å². The molecule has 0 aromatic carbocycles. The molecule has 2 nitrogen and oxygen atoms in total. The van der Waals surface area contributed by atoms with E-state index in [1.54, 1.807) is 12.7 Å². The normalized spacial score (nSPS) is 23.2. The third-order valence-corrected chi connectivity index (χ3v) is 2.30. The Morgan fingerprint density at radius 3 is 2.73 bits per heavy atom. The van der Waals surface area contributed by atoms with Gasteiger partial charge in [-0.05, 0) is 26.2 Å². The van der Waals surface area contributed by atoms with E-state index in [-0.39, 0.29) is 0 Å². The summed E-state index contributed by atoms with van der Waals surface area (Å²) in [6.45, 7) is 3.02. The van der Waals surface area contributed by atoms with Gasteiger partial charge in [0.05, 0.1) is 0 Å². The van der Waals surface area contributed by atoms with Crippen LogP contribution in [0.15, 0.2) is 11.1 Å². The smallest absolute Gasteiger partial charge is 0.0499 e. The summed E-state index contributed by atoms with van der Waals surface area (Å²) in [5.41, 5.74) is 8.70. The SMILES string of the molecule is COCCC(C)=C1CC(N)C1. The van der Waals surface area contributed by atoms with Gasteiger partial charge in [-0.3, -0.25) is 0 Å². The number of methoxy groups -OCH3 is 1. The van der Waals surface area contributed by atoms with Crippen LogP contribution in [-0.4, -0.2) is 19.8 Å². The second-order valence-corrected chi connectivity index (χ2v) is 3.30. The summed E-state index contributed by atoms with van der Waals surface area (Å²) in [7, 11) is 1.74. The van der Waals surface area contributed by atoms with Crippen LogP contribution in [0.3, 0.4) is 0 Å². The van der Waals surface area contributed by atoms with E-state index in [1.165, 1.54) is 5.57 Å². The standard InChI is InChI=1S/C9H17NO/c1-7(3-4-11-2)8-5-9(10)6-8/h9H,3-6,10H2,1-2H3. The van der Waals surface area contributed by atoms with Crippen LogP contribution >= 0.6 is 0 Å². The van der Waals surface area contributed by atoms with Crippen molar-refractivity contribution in [3.8, 4) is 0 Å². The van der Waals surface area contributed by atoms with Gasteiger partial charge in [-0.25, -0.2) is 0 Å². The first-order valence-corrected chi connectivity index (χ1v) is 4.16. The predicted octanol–water partition coefficient (Wildman–Crippen LogP) is 1.46. The molecule has 1 aliphatic rings. The van der Waals surface area contributed by atoms with Gasteiger partial charge in [-0.2, -0.15) is 0 Å². The predicted molar refractivity (Wildman–Crippen MR) is 46.4 cm³/mol. The molecule has 0 spiro atoms. The maximum absolute atomic E-state index is 5.67. The molecule has 64 valence electrons. The van der Waals surface area contributed by atoms with Crippen molar-refractivity contribution in [1.29, 1.82) is 0 Å². The molecule has 1 fully saturated rings. The molecule has 0 unspecified atom stereocenters. The average Bonchev–Trinajstić information content (AvgIpc) is 1.94. The molecule has 11 heavy (non-hydrogen) atoms. The summed E-state index contributed by atoms with van der Waals surface area (Å²) in [6, 6.07) is 0.433. The van der Waals surface area contributed by atoms with Crippen LogP contribution in [0.1, 0.15) is 26.2 Å². The summed E-state index contributed by atoms with van der Waals surface area (Å²) in [4.78, 5) is 0. The van der Waals surface area contributed by atoms with Gasteiger partial charge in [0.2, 0.25) is 0 Å². The van der Waals surface area contributed by atoms with Crippen molar-refractivity contribution in [2.75, 3.05) is 13.7 Å². The Labute approximate surface area is 68.4 Å². The third-order valence-electron chi connectivity index (χ3n) is 2.30. The van der Waals surface area contributed by atoms with E-state index < -0.39 is 0 Å². The first-order chi connectivity index (χ1) is 5.24. The average molecular weight is 155 g/mol. The molecule has 0 amide bonds. The maximum atomic E-state index is 5.67. The summed E-state index contributed by atoms with van der Waals surface area (Å²) < 4.78 is 4.99. The minimum Gasteiger partial charge on any atom is -0.384 e. The van der Waals surface area contributed by atoms with Crippen molar-refractivity contribution in [3.05, 3.63) is 11.1 Å². The summed E-state index contributed by atoms with van der Waals surface area (Å²) >= 11 is 0. The van der Waals surface area contributed by atoms with Gasteiger partial charge in [-0.1, -0.05) is 11.1 Å². The van der Waals surface area contributed by atoms with Crippen LogP contribution in [0.4, 0.5) is 0 Å². The van der Waals surface area contributed by atoms with Crippen LogP contribution in [0.25, 0.3) is 0 Å². The van der Waals surface area contributed by atoms with Gasteiger partial charge in [0.1, 0.15) is 0 Å². The van der Waals surface area contributed by atoms with Crippen molar-refractivity contribution in [3.63, 3.8) is 0 Å². The molecule has 0 bridgehead atoms. The third kappa shape index (κ3) is 2.31. The van der Waals surface area contributed by atoms with Gasteiger partial charge < -0.3 is 10.5 Å². The Balaban J connectivity index is 2.28. The van der Waals surface area contributed by atoms with E-state index >= 15 is 0 Å². The van der Waals surface area contributed by atoms with Crippen LogP contribution in [-0.2, 0) is 4.74 Å². The second kappa shape index (κ2) is 3.88. The minimum absolute atomic E-state index is 0.433. The molecule has 0 saturated heterocycles. The van der Waals surface area contributed by atoms with E-state index in [0.29, 0.717) is 6.04 Å². The van der Waals surface area contributed by atoms with Gasteiger partial charge in [0.15, 0.2) is 0 Å². The quantitative estimate of drug-likeness (QED) is 0.626. The lowest BCUT2D eigenvalue weighted by atomic mass is 9.83. The molecule has 1 aliphatic carbocycles. The van der Waals surface area contributed by atoms with Gasteiger partial charge in [0, 0.05) is 19.8 Å². The highest BCUT2D eigenvalue weighted by atomic mass is 16.5. The molecule has 1 saturated carbocycles. The highest BCUT2D eigenvalue weighted by molar-refractivity contribution is 5.21. The molecule has 2 N–H and O–H groups in total. The summed E-state index contributed by atoms with van der Waals surface area (Å²) in [5.74, 6) is 0. The highest BCUT2D eigenvalue weighted by Crippen LogP contribution is 2.28. The first-order valence-electron chi connectivity index (χ1n) is 4.16. The second-order valence-electron chi connectivity index (χ2n) is 3.30. The fourth-order valence-corrected chi connectivity index (χ4v) is 1.35. The zero-order chi connectivity index (χ0) is 8.27. The molecular formula is C9H17NO. The Morgan fingerprint density at radius 2 is 2.27 bits per heavy atom. The summed E-state index contributed by atoms with van der Waals surface area (Å²) in [6.07, 6.45) is 3.28. The van der Waals surface area contributed by atoms with Crippen molar-refractivity contribution in [1.82, 2.24) is 0 Å². The van der Waals surface area contributed by atoms with Crippen molar-refractivity contribution in [2.45, 2.75) is 32.2 Å². The summed E-state index contributed by atoms with van der Waals surface area (Å²) in [5, 5.41) is 0. The fraction of sp³-hybridized carbons (Fsp3) is 0.778. The molecule has 2 heteroatoms. The van der Waals surface area contributed by atoms with E-state index in [0.717, 1.165) is 25.9 Å². The topological polar surface area (TPSA) is 35.2 Å². The Bertz CT molecular complexity index is 155. The van der Waals surface area contributed by atoms with E-state index in [4.69, 9.17) is 10.5 Å². The van der Waals surface area contributed by atoms with E-state index in [1.807, 2.05) is 0 Å². The Hall–Kier alpha value is -0.340. The monoisotopic (exact) mass is 155 g/mol. The van der Waals surface area contributed by atoms with E-state index in [9.17, 15) is 0 Å². The zero-order valence-electron chi connectivity index (χ0n) is 7.39. The number of ether oxygens (including phenoxy) is 1. The maximum Gasteiger partial charge on any atom is 0.0499 e. The molecule has 0 atom stereocenters.